The molecular formula is C17H18O. The van der Waals surface area contributed by atoms with Gasteiger partial charge in [-0.15, -0.1) is 0 Å². The molecule has 0 spiro atoms. The SMILES string of the molecule is Cc1cc(Cc2ccccc2)c(C)c2c1COC2. The smallest absolute Gasteiger partial charge is 0.0727 e. The van der Waals surface area contributed by atoms with Crippen molar-refractivity contribution in [2.75, 3.05) is 0 Å². The van der Waals surface area contributed by atoms with Crippen LogP contribution >= 0.6 is 0 Å². The Morgan fingerprint density at radius 3 is 2.50 bits per heavy atom. The minimum absolute atomic E-state index is 0.782. The van der Waals surface area contributed by atoms with Crippen LogP contribution in [-0.2, 0) is 24.4 Å². The number of fused-ring (bicyclic) bond motifs is 1. The van der Waals surface area contributed by atoms with Crippen LogP contribution in [0.25, 0.3) is 0 Å². The van der Waals surface area contributed by atoms with E-state index in [1.807, 2.05) is 0 Å². The predicted molar refractivity (Wildman–Crippen MR) is 73.7 cm³/mol. The third-order valence-electron chi connectivity index (χ3n) is 3.90. The molecule has 0 N–H and O–H groups in total. The van der Waals surface area contributed by atoms with Gasteiger partial charge in [0.25, 0.3) is 0 Å². The summed E-state index contributed by atoms with van der Waals surface area (Å²) in [5, 5.41) is 0. The van der Waals surface area contributed by atoms with Crippen molar-refractivity contribution in [3.8, 4) is 0 Å². The molecule has 0 saturated heterocycles. The summed E-state index contributed by atoms with van der Waals surface area (Å²) in [5.41, 5.74) is 8.42. The van der Waals surface area contributed by atoms with E-state index in [1.54, 1.807) is 0 Å². The maximum absolute atomic E-state index is 5.58. The Balaban J connectivity index is 2.01. The van der Waals surface area contributed by atoms with Gasteiger partial charge >= 0.3 is 0 Å². The van der Waals surface area contributed by atoms with E-state index in [9.17, 15) is 0 Å². The molecule has 1 aliphatic heterocycles. The Bertz CT molecular complexity index is 570. The van der Waals surface area contributed by atoms with E-state index in [4.69, 9.17) is 4.74 Å². The summed E-state index contributed by atoms with van der Waals surface area (Å²) >= 11 is 0. The molecule has 0 saturated carbocycles. The van der Waals surface area contributed by atoms with Gasteiger partial charge in [-0.2, -0.15) is 0 Å². The van der Waals surface area contributed by atoms with Crippen molar-refractivity contribution in [2.45, 2.75) is 33.5 Å². The van der Waals surface area contributed by atoms with Crippen LogP contribution in [0, 0.1) is 13.8 Å². The Morgan fingerprint density at radius 2 is 1.72 bits per heavy atom. The van der Waals surface area contributed by atoms with E-state index < -0.39 is 0 Å². The highest BCUT2D eigenvalue weighted by molar-refractivity contribution is 5.47. The van der Waals surface area contributed by atoms with Crippen molar-refractivity contribution in [3.05, 3.63) is 69.8 Å². The molecule has 1 aliphatic rings. The average molecular weight is 238 g/mol. The number of benzene rings is 2. The minimum Gasteiger partial charge on any atom is -0.372 e. The lowest BCUT2D eigenvalue weighted by atomic mass is 9.91. The van der Waals surface area contributed by atoms with Crippen molar-refractivity contribution in [1.82, 2.24) is 0 Å². The minimum atomic E-state index is 0.782. The summed E-state index contributed by atoms with van der Waals surface area (Å²) in [7, 11) is 0. The quantitative estimate of drug-likeness (QED) is 0.770. The standard InChI is InChI=1S/C17H18O/c1-12-8-15(9-14-6-4-3-5-7-14)13(2)17-11-18-10-16(12)17/h3-8H,9-11H2,1-2H3. The molecule has 1 heterocycles. The highest BCUT2D eigenvalue weighted by Gasteiger charge is 2.18. The molecule has 0 radical (unpaired) electrons. The van der Waals surface area contributed by atoms with Crippen LogP contribution in [0.5, 0.6) is 0 Å². The first-order chi connectivity index (χ1) is 8.75. The highest BCUT2D eigenvalue weighted by atomic mass is 16.5. The number of hydrogen-bond acceptors (Lipinski definition) is 1. The van der Waals surface area contributed by atoms with Crippen molar-refractivity contribution in [3.63, 3.8) is 0 Å². The zero-order chi connectivity index (χ0) is 12.5. The molecule has 1 heteroatoms. The molecule has 92 valence electrons. The molecule has 1 nitrogen and oxygen atoms in total. The zero-order valence-corrected chi connectivity index (χ0v) is 11.0. The molecule has 0 aromatic heterocycles. The molecule has 0 fully saturated rings. The Labute approximate surface area is 108 Å². The van der Waals surface area contributed by atoms with Crippen LogP contribution in [-0.4, -0.2) is 0 Å². The largest absolute Gasteiger partial charge is 0.372 e. The second-order valence-electron chi connectivity index (χ2n) is 5.09. The van der Waals surface area contributed by atoms with Crippen molar-refractivity contribution in [1.29, 1.82) is 0 Å². The first-order valence-corrected chi connectivity index (χ1v) is 6.48. The maximum Gasteiger partial charge on any atom is 0.0727 e. The van der Waals surface area contributed by atoms with Gasteiger partial charge in [0.15, 0.2) is 0 Å². The number of hydrogen-bond donors (Lipinski definition) is 0. The lowest BCUT2D eigenvalue weighted by Crippen LogP contribution is -1.99. The van der Waals surface area contributed by atoms with E-state index >= 15 is 0 Å². The van der Waals surface area contributed by atoms with Gasteiger partial charge in [0.05, 0.1) is 13.2 Å². The lowest BCUT2D eigenvalue weighted by Gasteiger charge is -2.13. The zero-order valence-electron chi connectivity index (χ0n) is 11.0. The van der Waals surface area contributed by atoms with Gasteiger partial charge in [-0.05, 0) is 53.6 Å². The van der Waals surface area contributed by atoms with Crippen LogP contribution in [0.4, 0.5) is 0 Å². The van der Waals surface area contributed by atoms with Crippen LogP contribution in [0.15, 0.2) is 36.4 Å². The van der Waals surface area contributed by atoms with Gasteiger partial charge in [0.1, 0.15) is 0 Å². The fraction of sp³-hybridized carbons (Fsp3) is 0.294. The summed E-state index contributed by atoms with van der Waals surface area (Å²) in [6, 6.07) is 13.0. The fourth-order valence-electron chi connectivity index (χ4n) is 2.77. The van der Waals surface area contributed by atoms with Gasteiger partial charge in [-0.3, -0.25) is 0 Å². The summed E-state index contributed by atoms with van der Waals surface area (Å²) in [6.07, 6.45) is 1.01. The molecule has 2 aromatic rings. The van der Waals surface area contributed by atoms with Crippen LogP contribution < -0.4 is 0 Å². The number of ether oxygens (including phenoxy) is 1. The van der Waals surface area contributed by atoms with Crippen molar-refractivity contribution in [2.24, 2.45) is 0 Å². The molecule has 0 amide bonds. The first kappa shape index (κ1) is 11.5. The van der Waals surface area contributed by atoms with Crippen molar-refractivity contribution < 1.29 is 4.74 Å². The third-order valence-corrected chi connectivity index (χ3v) is 3.90. The molecule has 2 aromatic carbocycles. The Morgan fingerprint density at radius 1 is 1.00 bits per heavy atom. The topological polar surface area (TPSA) is 9.23 Å². The molecular weight excluding hydrogens is 220 g/mol. The normalized spacial score (nSPS) is 13.7. The lowest BCUT2D eigenvalue weighted by molar-refractivity contribution is 0.134. The molecule has 0 atom stereocenters. The average Bonchev–Trinajstić information content (AvgIpc) is 2.87. The van der Waals surface area contributed by atoms with Gasteiger partial charge in [-0.25, -0.2) is 0 Å². The number of rotatable bonds is 2. The Hall–Kier alpha value is -1.60. The molecule has 18 heavy (non-hydrogen) atoms. The first-order valence-electron chi connectivity index (χ1n) is 6.48. The fourth-order valence-corrected chi connectivity index (χ4v) is 2.77. The van der Waals surface area contributed by atoms with E-state index in [2.05, 4.69) is 50.2 Å². The van der Waals surface area contributed by atoms with E-state index in [0.717, 1.165) is 19.6 Å². The van der Waals surface area contributed by atoms with Crippen LogP contribution in [0.1, 0.15) is 33.4 Å². The predicted octanol–water partition coefficient (Wildman–Crippen LogP) is 3.92. The van der Waals surface area contributed by atoms with Crippen LogP contribution in [0.2, 0.25) is 0 Å². The molecule has 0 aliphatic carbocycles. The summed E-state index contributed by atoms with van der Waals surface area (Å²) in [4.78, 5) is 0. The third kappa shape index (κ3) is 1.95. The van der Waals surface area contributed by atoms with Gasteiger partial charge in [0, 0.05) is 0 Å². The van der Waals surface area contributed by atoms with E-state index in [0.29, 0.717) is 0 Å². The molecule has 0 bridgehead atoms. The maximum atomic E-state index is 5.58. The second-order valence-corrected chi connectivity index (χ2v) is 5.09. The van der Waals surface area contributed by atoms with E-state index in [1.165, 1.54) is 33.4 Å². The number of aryl methyl sites for hydroxylation is 1. The monoisotopic (exact) mass is 238 g/mol. The van der Waals surface area contributed by atoms with Gasteiger partial charge < -0.3 is 4.74 Å². The highest BCUT2D eigenvalue weighted by Crippen LogP contribution is 2.30. The second kappa shape index (κ2) is 4.58. The summed E-state index contributed by atoms with van der Waals surface area (Å²) < 4.78 is 5.58. The molecule has 0 unspecified atom stereocenters. The van der Waals surface area contributed by atoms with Crippen molar-refractivity contribution >= 4 is 0 Å². The van der Waals surface area contributed by atoms with Gasteiger partial charge in [0.2, 0.25) is 0 Å². The summed E-state index contributed by atoms with van der Waals surface area (Å²) in [5.74, 6) is 0. The molecule has 3 rings (SSSR count). The Kier molecular flexibility index (Phi) is 2.92. The van der Waals surface area contributed by atoms with Gasteiger partial charge in [-0.1, -0.05) is 36.4 Å². The van der Waals surface area contributed by atoms with Crippen LogP contribution in [0.3, 0.4) is 0 Å². The summed E-state index contributed by atoms with van der Waals surface area (Å²) in [6.45, 7) is 5.99. The van der Waals surface area contributed by atoms with E-state index in [-0.39, 0.29) is 0 Å².